The Morgan fingerprint density at radius 3 is 2.54 bits per heavy atom. The summed E-state index contributed by atoms with van der Waals surface area (Å²) < 4.78 is 30.0. The second-order valence-corrected chi connectivity index (χ2v) is 6.88. The standard InChI is InChI=1S/C19H21F2N3O2/c1-11-6-14(20)18(15(21)7-11)13-8-17(25)24(10-13)16-4-3-5-23(19(16)26)9-12(2)22/h3-7,12-13H,8-10,22H2,1-2H3. The highest BCUT2D eigenvalue weighted by atomic mass is 19.1. The molecule has 5 nitrogen and oxygen atoms in total. The van der Waals surface area contributed by atoms with Crippen molar-refractivity contribution in [2.24, 2.45) is 5.73 Å². The summed E-state index contributed by atoms with van der Waals surface area (Å²) >= 11 is 0. The molecule has 0 radical (unpaired) electrons. The maximum atomic E-state index is 14.3. The summed E-state index contributed by atoms with van der Waals surface area (Å²) in [5.41, 5.74) is 5.98. The van der Waals surface area contributed by atoms with Crippen molar-refractivity contribution in [1.29, 1.82) is 0 Å². The number of hydrogen-bond donors (Lipinski definition) is 1. The molecule has 2 N–H and O–H groups in total. The van der Waals surface area contributed by atoms with Crippen molar-refractivity contribution in [3.8, 4) is 0 Å². The van der Waals surface area contributed by atoms with E-state index >= 15 is 0 Å². The largest absolute Gasteiger partial charge is 0.326 e. The maximum Gasteiger partial charge on any atom is 0.274 e. The zero-order chi connectivity index (χ0) is 19.0. The molecule has 1 aromatic heterocycles. The van der Waals surface area contributed by atoms with Gasteiger partial charge in [0.2, 0.25) is 5.91 Å². The van der Waals surface area contributed by atoms with Crippen molar-refractivity contribution in [2.45, 2.75) is 38.8 Å². The summed E-state index contributed by atoms with van der Waals surface area (Å²) in [6, 6.07) is 5.49. The van der Waals surface area contributed by atoms with Crippen LogP contribution in [0.4, 0.5) is 14.5 Å². The van der Waals surface area contributed by atoms with Crippen LogP contribution in [0.2, 0.25) is 0 Å². The molecule has 3 rings (SSSR count). The second-order valence-electron chi connectivity index (χ2n) is 6.88. The number of benzene rings is 1. The van der Waals surface area contributed by atoms with E-state index in [1.54, 1.807) is 32.2 Å². The third kappa shape index (κ3) is 3.39. The van der Waals surface area contributed by atoms with Crippen LogP contribution < -0.4 is 16.2 Å². The van der Waals surface area contributed by atoms with Crippen molar-refractivity contribution in [2.75, 3.05) is 11.4 Å². The number of nitrogens with zero attached hydrogens (tertiary/aromatic N) is 2. The summed E-state index contributed by atoms with van der Waals surface area (Å²) in [5, 5.41) is 0. The number of nitrogens with two attached hydrogens (primary N) is 1. The molecule has 0 saturated carbocycles. The average Bonchev–Trinajstić information content (AvgIpc) is 2.89. The predicted molar refractivity (Wildman–Crippen MR) is 95.2 cm³/mol. The first kappa shape index (κ1) is 18.3. The average molecular weight is 361 g/mol. The normalized spacial score (nSPS) is 18.4. The van der Waals surface area contributed by atoms with E-state index < -0.39 is 17.6 Å². The van der Waals surface area contributed by atoms with E-state index in [0.717, 1.165) is 0 Å². The number of halogens is 2. The van der Waals surface area contributed by atoms with Crippen LogP contribution in [0.15, 0.2) is 35.3 Å². The van der Waals surface area contributed by atoms with Gasteiger partial charge < -0.3 is 15.2 Å². The molecule has 1 fully saturated rings. The zero-order valence-electron chi connectivity index (χ0n) is 14.7. The van der Waals surface area contributed by atoms with Gasteiger partial charge in [-0.15, -0.1) is 0 Å². The minimum atomic E-state index is -0.662. The zero-order valence-corrected chi connectivity index (χ0v) is 14.7. The highest BCUT2D eigenvalue weighted by Crippen LogP contribution is 2.33. The lowest BCUT2D eigenvalue weighted by molar-refractivity contribution is -0.117. The Balaban J connectivity index is 1.94. The van der Waals surface area contributed by atoms with Crippen LogP contribution in [0, 0.1) is 18.6 Å². The minimum absolute atomic E-state index is 0.0431. The summed E-state index contributed by atoms with van der Waals surface area (Å²) in [4.78, 5) is 26.4. The Morgan fingerprint density at radius 1 is 1.27 bits per heavy atom. The summed E-state index contributed by atoms with van der Waals surface area (Å²) in [5.74, 6) is -2.29. The van der Waals surface area contributed by atoms with E-state index in [2.05, 4.69) is 0 Å². The second kappa shape index (κ2) is 6.99. The smallest absolute Gasteiger partial charge is 0.274 e. The van der Waals surface area contributed by atoms with Crippen LogP contribution in [0.25, 0.3) is 0 Å². The molecule has 1 amide bonds. The van der Waals surface area contributed by atoms with Crippen LogP contribution in [-0.2, 0) is 11.3 Å². The first-order chi connectivity index (χ1) is 12.3. The molecule has 2 heterocycles. The van der Waals surface area contributed by atoms with E-state index in [4.69, 9.17) is 5.73 Å². The molecule has 138 valence electrons. The summed E-state index contributed by atoms with van der Waals surface area (Å²) in [6.45, 7) is 3.76. The van der Waals surface area contributed by atoms with Crippen molar-refractivity contribution in [3.05, 3.63) is 63.6 Å². The molecule has 0 spiro atoms. The molecular weight excluding hydrogens is 340 g/mol. The topological polar surface area (TPSA) is 68.3 Å². The molecule has 1 aromatic carbocycles. The minimum Gasteiger partial charge on any atom is -0.326 e. The van der Waals surface area contributed by atoms with Gasteiger partial charge in [-0.3, -0.25) is 9.59 Å². The number of rotatable bonds is 4. The molecule has 0 aliphatic carbocycles. The van der Waals surface area contributed by atoms with E-state index in [-0.39, 0.29) is 41.7 Å². The maximum absolute atomic E-state index is 14.3. The van der Waals surface area contributed by atoms with E-state index in [1.807, 2.05) is 0 Å². The van der Waals surface area contributed by atoms with Crippen LogP contribution in [0.3, 0.4) is 0 Å². The van der Waals surface area contributed by atoms with Crippen molar-refractivity contribution >= 4 is 11.6 Å². The number of aryl methyl sites for hydroxylation is 1. The molecular formula is C19H21F2N3O2. The Bertz CT molecular complexity index is 885. The lowest BCUT2D eigenvalue weighted by Gasteiger charge is -2.18. The van der Waals surface area contributed by atoms with Crippen LogP contribution in [0.1, 0.15) is 30.4 Å². The molecule has 2 atom stereocenters. The number of hydrogen-bond acceptors (Lipinski definition) is 3. The van der Waals surface area contributed by atoms with Gasteiger partial charge >= 0.3 is 0 Å². The number of aromatic nitrogens is 1. The molecule has 7 heteroatoms. The molecule has 1 aliphatic heterocycles. The van der Waals surface area contributed by atoms with E-state index in [0.29, 0.717) is 12.1 Å². The SMILES string of the molecule is Cc1cc(F)c(C2CC(=O)N(c3cccn(CC(C)N)c3=O)C2)c(F)c1. The number of carbonyl (C=O) groups is 1. The van der Waals surface area contributed by atoms with Crippen molar-refractivity contribution in [3.63, 3.8) is 0 Å². The van der Waals surface area contributed by atoms with Gasteiger partial charge in [-0.1, -0.05) is 0 Å². The third-order valence-electron chi connectivity index (χ3n) is 4.53. The Hall–Kier alpha value is -2.54. The van der Waals surface area contributed by atoms with Gasteiger partial charge in [0.1, 0.15) is 17.3 Å². The third-order valence-corrected chi connectivity index (χ3v) is 4.53. The van der Waals surface area contributed by atoms with Crippen LogP contribution in [0.5, 0.6) is 0 Å². The van der Waals surface area contributed by atoms with Gasteiger partial charge in [-0.25, -0.2) is 8.78 Å². The highest BCUT2D eigenvalue weighted by molar-refractivity contribution is 5.96. The highest BCUT2D eigenvalue weighted by Gasteiger charge is 2.36. The molecule has 1 saturated heterocycles. The number of pyridine rings is 1. The van der Waals surface area contributed by atoms with Gasteiger partial charge in [0.05, 0.1) is 0 Å². The fourth-order valence-corrected chi connectivity index (χ4v) is 3.42. The molecule has 26 heavy (non-hydrogen) atoms. The fraction of sp³-hybridized carbons (Fsp3) is 0.368. The van der Waals surface area contributed by atoms with Gasteiger partial charge in [-0.05, 0) is 43.7 Å². The van der Waals surface area contributed by atoms with Gasteiger partial charge in [0.25, 0.3) is 5.56 Å². The van der Waals surface area contributed by atoms with Crippen molar-refractivity contribution in [1.82, 2.24) is 4.57 Å². The lowest BCUT2D eigenvalue weighted by Crippen LogP contribution is -2.35. The summed E-state index contributed by atoms with van der Waals surface area (Å²) in [7, 11) is 0. The molecule has 1 aliphatic rings. The lowest BCUT2D eigenvalue weighted by atomic mass is 9.96. The van der Waals surface area contributed by atoms with Gasteiger partial charge in [-0.2, -0.15) is 0 Å². The van der Waals surface area contributed by atoms with E-state index in [9.17, 15) is 18.4 Å². The first-order valence-corrected chi connectivity index (χ1v) is 8.49. The Kier molecular flexibility index (Phi) is 4.91. The molecule has 0 bridgehead atoms. The number of anilines is 1. The van der Waals surface area contributed by atoms with Crippen molar-refractivity contribution < 1.29 is 13.6 Å². The van der Waals surface area contributed by atoms with Gasteiger partial charge in [0.15, 0.2) is 0 Å². The fourth-order valence-electron chi connectivity index (χ4n) is 3.42. The monoisotopic (exact) mass is 361 g/mol. The van der Waals surface area contributed by atoms with E-state index in [1.165, 1.54) is 21.6 Å². The number of carbonyl (C=O) groups excluding carboxylic acids is 1. The number of amides is 1. The van der Waals surface area contributed by atoms with Crippen LogP contribution >= 0.6 is 0 Å². The molecule has 2 aromatic rings. The quantitative estimate of drug-likeness (QED) is 0.909. The molecule has 2 unspecified atom stereocenters. The Morgan fingerprint density at radius 2 is 1.92 bits per heavy atom. The Labute approximate surface area is 150 Å². The predicted octanol–water partition coefficient (Wildman–Crippen LogP) is 2.30. The van der Waals surface area contributed by atoms with Crippen LogP contribution in [-0.4, -0.2) is 23.1 Å². The first-order valence-electron chi connectivity index (χ1n) is 8.49. The summed E-state index contributed by atoms with van der Waals surface area (Å²) in [6.07, 6.45) is 1.56. The van der Waals surface area contributed by atoms with Gasteiger partial charge in [0, 0.05) is 43.2 Å².